The van der Waals surface area contributed by atoms with E-state index in [0.717, 1.165) is 5.56 Å². The molecule has 0 aliphatic carbocycles. The molecule has 3 aromatic heterocycles. The number of benzene rings is 2. The van der Waals surface area contributed by atoms with Gasteiger partial charge in [-0.25, -0.2) is 19.6 Å². The number of hydrogen-bond acceptors (Lipinski definition) is 6. The second-order valence-electron chi connectivity index (χ2n) is 6.22. The minimum atomic E-state index is -0.168. The molecule has 29 heavy (non-hydrogen) atoms. The molecule has 0 spiro atoms. The van der Waals surface area contributed by atoms with Gasteiger partial charge >= 0.3 is 0 Å². The Labute approximate surface area is 164 Å². The number of fused-ring (bicyclic) bond motifs is 1. The van der Waals surface area contributed by atoms with Gasteiger partial charge in [0.1, 0.15) is 17.9 Å². The van der Waals surface area contributed by atoms with Gasteiger partial charge in [0.05, 0.1) is 10.9 Å². The van der Waals surface area contributed by atoms with Crippen LogP contribution in [0, 0.1) is 0 Å². The van der Waals surface area contributed by atoms with E-state index in [9.17, 15) is 4.79 Å². The Kier molecular flexibility index (Phi) is 4.06. The molecular weight excluding hydrogens is 368 g/mol. The Morgan fingerprint density at radius 2 is 1.83 bits per heavy atom. The number of nitrogens with one attached hydrogen (secondary N) is 1. The van der Waals surface area contributed by atoms with Crippen LogP contribution in [0.5, 0.6) is 11.6 Å². The summed E-state index contributed by atoms with van der Waals surface area (Å²) in [6.45, 7) is 0. The van der Waals surface area contributed by atoms with Crippen LogP contribution in [-0.4, -0.2) is 29.7 Å². The zero-order valence-electron chi connectivity index (χ0n) is 15.1. The first kappa shape index (κ1) is 16.8. The van der Waals surface area contributed by atoms with Crippen molar-refractivity contribution in [2.75, 3.05) is 0 Å². The van der Waals surface area contributed by atoms with Crippen LogP contribution in [0.3, 0.4) is 0 Å². The summed E-state index contributed by atoms with van der Waals surface area (Å²) in [4.78, 5) is 27.9. The number of nitrogens with zero attached hydrogens (tertiary/aromatic N) is 5. The first-order chi connectivity index (χ1) is 14.3. The van der Waals surface area contributed by atoms with Crippen LogP contribution >= 0.6 is 0 Å². The van der Waals surface area contributed by atoms with E-state index in [2.05, 4.69) is 25.0 Å². The van der Waals surface area contributed by atoms with Crippen molar-refractivity contribution in [1.29, 1.82) is 0 Å². The number of aromatic amines is 1. The maximum absolute atomic E-state index is 12.3. The molecule has 0 unspecified atom stereocenters. The van der Waals surface area contributed by atoms with Gasteiger partial charge < -0.3 is 9.72 Å². The topological polar surface area (TPSA) is 98.6 Å². The van der Waals surface area contributed by atoms with E-state index in [1.54, 1.807) is 41.3 Å². The lowest BCUT2D eigenvalue weighted by atomic mass is 10.2. The SMILES string of the molecule is O=c1[nH]c(-c2ccc(Oc3cc(-n4cccn4)ncn3)cc2)nc2ccccc12. The average molecular weight is 382 g/mol. The van der Waals surface area contributed by atoms with Gasteiger partial charge in [0, 0.05) is 24.0 Å². The van der Waals surface area contributed by atoms with Gasteiger partial charge in [0.25, 0.3) is 5.56 Å². The maximum atomic E-state index is 12.3. The highest BCUT2D eigenvalue weighted by atomic mass is 16.5. The quantitative estimate of drug-likeness (QED) is 0.512. The molecule has 0 atom stereocenters. The highest BCUT2D eigenvalue weighted by Gasteiger charge is 2.07. The van der Waals surface area contributed by atoms with Crippen molar-refractivity contribution in [1.82, 2.24) is 29.7 Å². The van der Waals surface area contributed by atoms with Crippen molar-refractivity contribution in [3.8, 4) is 28.8 Å². The highest BCUT2D eigenvalue weighted by molar-refractivity contribution is 5.79. The summed E-state index contributed by atoms with van der Waals surface area (Å²) in [5.41, 5.74) is 1.26. The molecule has 3 heterocycles. The van der Waals surface area contributed by atoms with Crippen molar-refractivity contribution in [2.24, 2.45) is 0 Å². The Morgan fingerprint density at radius 1 is 0.966 bits per heavy atom. The number of rotatable bonds is 4. The molecule has 0 saturated carbocycles. The fourth-order valence-electron chi connectivity index (χ4n) is 2.94. The van der Waals surface area contributed by atoms with Gasteiger partial charge in [-0.1, -0.05) is 12.1 Å². The number of H-pyrrole nitrogens is 1. The maximum Gasteiger partial charge on any atom is 0.259 e. The van der Waals surface area contributed by atoms with Crippen LogP contribution < -0.4 is 10.3 Å². The van der Waals surface area contributed by atoms with Gasteiger partial charge in [-0.2, -0.15) is 5.10 Å². The average Bonchev–Trinajstić information content (AvgIpc) is 3.30. The largest absolute Gasteiger partial charge is 0.439 e. The zero-order chi connectivity index (χ0) is 19.6. The number of ether oxygens (including phenoxy) is 1. The molecule has 5 rings (SSSR count). The zero-order valence-corrected chi connectivity index (χ0v) is 15.1. The summed E-state index contributed by atoms with van der Waals surface area (Å²) < 4.78 is 7.44. The Bertz CT molecular complexity index is 1340. The van der Waals surface area contributed by atoms with Gasteiger partial charge in [-0.05, 0) is 42.5 Å². The third kappa shape index (κ3) is 3.34. The van der Waals surface area contributed by atoms with Crippen molar-refractivity contribution in [3.05, 3.63) is 89.7 Å². The third-order valence-electron chi connectivity index (χ3n) is 4.33. The van der Waals surface area contributed by atoms with Crippen LogP contribution in [0.15, 0.2) is 84.2 Å². The predicted molar refractivity (Wildman–Crippen MR) is 107 cm³/mol. The number of para-hydroxylation sites is 1. The molecule has 0 aliphatic heterocycles. The van der Waals surface area contributed by atoms with E-state index < -0.39 is 0 Å². The van der Waals surface area contributed by atoms with Crippen molar-refractivity contribution in [2.45, 2.75) is 0 Å². The Morgan fingerprint density at radius 3 is 2.66 bits per heavy atom. The summed E-state index contributed by atoms with van der Waals surface area (Å²) in [5, 5.41) is 4.71. The van der Waals surface area contributed by atoms with Crippen molar-refractivity contribution < 1.29 is 4.74 Å². The van der Waals surface area contributed by atoms with Crippen molar-refractivity contribution in [3.63, 3.8) is 0 Å². The molecule has 5 aromatic rings. The highest BCUT2D eigenvalue weighted by Crippen LogP contribution is 2.24. The Hall–Kier alpha value is -4.33. The standard InChI is InChI=1S/C21H14N6O2/c28-21-16-4-1-2-5-17(16)25-20(26-21)14-6-8-15(9-7-14)29-19-12-18(22-13-23-19)27-11-3-10-24-27/h1-13H,(H,25,26,28). The molecule has 2 aromatic carbocycles. The van der Waals surface area contributed by atoms with Crippen LogP contribution in [-0.2, 0) is 0 Å². The lowest BCUT2D eigenvalue weighted by Crippen LogP contribution is -2.09. The second kappa shape index (κ2) is 7.01. The molecule has 0 aliphatic rings. The molecular formula is C21H14N6O2. The van der Waals surface area contributed by atoms with E-state index in [0.29, 0.717) is 34.2 Å². The normalized spacial score (nSPS) is 10.9. The first-order valence-electron chi connectivity index (χ1n) is 8.86. The minimum absolute atomic E-state index is 0.168. The molecule has 140 valence electrons. The predicted octanol–water partition coefficient (Wildman–Crippen LogP) is 3.36. The molecule has 8 heteroatoms. The lowest BCUT2D eigenvalue weighted by Gasteiger charge is -2.07. The molecule has 1 N–H and O–H groups in total. The molecule has 0 saturated heterocycles. The van der Waals surface area contributed by atoms with Crippen LogP contribution in [0.1, 0.15) is 0 Å². The minimum Gasteiger partial charge on any atom is -0.439 e. The summed E-state index contributed by atoms with van der Waals surface area (Å²) >= 11 is 0. The summed E-state index contributed by atoms with van der Waals surface area (Å²) in [5.74, 6) is 2.11. The molecule has 0 fully saturated rings. The van der Waals surface area contributed by atoms with E-state index in [-0.39, 0.29) is 5.56 Å². The van der Waals surface area contributed by atoms with Gasteiger partial charge in [-0.3, -0.25) is 4.79 Å². The monoisotopic (exact) mass is 382 g/mol. The molecule has 0 bridgehead atoms. The van der Waals surface area contributed by atoms with Gasteiger partial charge in [0.15, 0.2) is 5.82 Å². The fourth-order valence-corrected chi connectivity index (χ4v) is 2.94. The molecule has 0 radical (unpaired) electrons. The summed E-state index contributed by atoms with van der Waals surface area (Å²) in [6, 6.07) is 18.0. The third-order valence-corrected chi connectivity index (χ3v) is 4.33. The van der Waals surface area contributed by atoms with E-state index in [4.69, 9.17) is 4.74 Å². The fraction of sp³-hybridized carbons (Fsp3) is 0. The lowest BCUT2D eigenvalue weighted by molar-refractivity contribution is 0.460. The smallest absolute Gasteiger partial charge is 0.259 e. The van der Waals surface area contributed by atoms with Crippen LogP contribution in [0.2, 0.25) is 0 Å². The summed E-state index contributed by atoms with van der Waals surface area (Å²) in [6.07, 6.45) is 4.88. The summed E-state index contributed by atoms with van der Waals surface area (Å²) in [7, 11) is 0. The first-order valence-corrected chi connectivity index (χ1v) is 8.86. The Balaban J connectivity index is 1.41. The van der Waals surface area contributed by atoms with Gasteiger partial charge in [0.2, 0.25) is 5.88 Å². The molecule has 8 nitrogen and oxygen atoms in total. The number of hydrogen-bond donors (Lipinski definition) is 1. The van der Waals surface area contributed by atoms with Crippen LogP contribution in [0.4, 0.5) is 0 Å². The van der Waals surface area contributed by atoms with E-state index in [1.807, 2.05) is 36.4 Å². The van der Waals surface area contributed by atoms with E-state index in [1.165, 1.54) is 6.33 Å². The second-order valence-corrected chi connectivity index (χ2v) is 6.22. The molecule has 0 amide bonds. The van der Waals surface area contributed by atoms with E-state index >= 15 is 0 Å². The van der Waals surface area contributed by atoms with Gasteiger partial charge in [-0.15, -0.1) is 0 Å². The van der Waals surface area contributed by atoms with Crippen LogP contribution in [0.25, 0.3) is 28.1 Å². The van der Waals surface area contributed by atoms with Crippen molar-refractivity contribution >= 4 is 10.9 Å². The number of aromatic nitrogens is 6.